The van der Waals surface area contributed by atoms with Crippen LogP contribution in [0, 0.1) is 11.8 Å². The smallest absolute Gasteiger partial charge is 0.223 e. The zero-order chi connectivity index (χ0) is 16.9. The summed E-state index contributed by atoms with van der Waals surface area (Å²) in [5.74, 6) is 0.238. The van der Waals surface area contributed by atoms with Gasteiger partial charge in [-0.1, -0.05) is 6.07 Å². The highest BCUT2D eigenvalue weighted by molar-refractivity contribution is 5.81. The highest BCUT2D eigenvalue weighted by atomic mass is 16.2. The maximum absolute atomic E-state index is 12.2. The van der Waals surface area contributed by atoms with Crippen LogP contribution in [-0.4, -0.2) is 22.3 Å². The van der Waals surface area contributed by atoms with Gasteiger partial charge in [0.1, 0.15) is 0 Å². The third-order valence-electron chi connectivity index (χ3n) is 4.14. The summed E-state index contributed by atoms with van der Waals surface area (Å²) in [4.78, 5) is 28.6. The highest BCUT2D eigenvalue weighted by Crippen LogP contribution is 2.29. The van der Waals surface area contributed by atoms with Crippen LogP contribution in [0.3, 0.4) is 0 Å². The van der Waals surface area contributed by atoms with Gasteiger partial charge < -0.3 is 10.6 Å². The predicted octanol–water partition coefficient (Wildman–Crippen LogP) is 2.42. The summed E-state index contributed by atoms with van der Waals surface area (Å²) >= 11 is 0. The number of carbonyl (C=O) groups is 2. The van der Waals surface area contributed by atoms with Crippen molar-refractivity contribution >= 4 is 11.8 Å². The Morgan fingerprint density at radius 3 is 2.22 bits per heavy atom. The average molecular weight is 317 g/mol. The van der Waals surface area contributed by atoms with Crippen molar-refractivity contribution in [1.29, 1.82) is 0 Å². The summed E-state index contributed by atoms with van der Waals surface area (Å²) in [5.41, 5.74) is 0.660. The topological polar surface area (TPSA) is 71.1 Å². The molecule has 1 heterocycles. The van der Waals surface area contributed by atoms with Gasteiger partial charge in [0.2, 0.25) is 11.8 Å². The van der Waals surface area contributed by atoms with Crippen LogP contribution in [0.2, 0.25) is 0 Å². The molecule has 0 spiro atoms. The van der Waals surface area contributed by atoms with Gasteiger partial charge in [-0.05, 0) is 58.6 Å². The van der Waals surface area contributed by atoms with Gasteiger partial charge in [-0.15, -0.1) is 0 Å². The van der Waals surface area contributed by atoms with E-state index in [0.717, 1.165) is 31.4 Å². The maximum Gasteiger partial charge on any atom is 0.223 e. The summed E-state index contributed by atoms with van der Waals surface area (Å²) in [5, 5.41) is 5.98. The molecule has 0 aliphatic heterocycles. The van der Waals surface area contributed by atoms with Gasteiger partial charge >= 0.3 is 0 Å². The lowest BCUT2D eigenvalue weighted by Crippen LogP contribution is -2.45. The van der Waals surface area contributed by atoms with E-state index < -0.39 is 0 Å². The lowest BCUT2D eigenvalue weighted by molar-refractivity contribution is -0.131. The number of nitrogens with one attached hydrogen (secondary N) is 2. The quantitative estimate of drug-likeness (QED) is 0.896. The Hall–Kier alpha value is -1.91. The Balaban J connectivity index is 1.75. The van der Waals surface area contributed by atoms with Crippen LogP contribution in [0.4, 0.5) is 0 Å². The van der Waals surface area contributed by atoms with Crippen LogP contribution in [0.15, 0.2) is 24.4 Å². The Bertz CT molecular complexity index is 529. The number of aromatic nitrogens is 1. The van der Waals surface area contributed by atoms with E-state index >= 15 is 0 Å². The maximum atomic E-state index is 12.2. The van der Waals surface area contributed by atoms with Crippen molar-refractivity contribution in [3.8, 4) is 0 Å². The van der Waals surface area contributed by atoms with E-state index in [1.165, 1.54) is 0 Å². The summed E-state index contributed by atoms with van der Waals surface area (Å²) in [6.07, 6.45) is 4.83. The van der Waals surface area contributed by atoms with Crippen molar-refractivity contribution in [2.75, 3.05) is 0 Å². The Morgan fingerprint density at radius 2 is 1.70 bits per heavy atom. The van der Waals surface area contributed by atoms with E-state index in [4.69, 9.17) is 0 Å². The van der Waals surface area contributed by atoms with E-state index in [1.54, 1.807) is 6.20 Å². The van der Waals surface area contributed by atoms with E-state index in [9.17, 15) is 9.59 Å². The Kier molecular flexibility index (Phi) is 5.74. The summed E-state index contributed by atoms with van der Waals surface area (Å²) in [6, 6.07) is 5.66. The first kappa shape index (κ1) is 17.4. The standard InChI is InChI=1S/C18H27N3O2/c1-18(2,3)21-17(23)14-9-7-13(8-10-14)16(22)20-12-15-6-4-5-11-19-15/h4-6,11,13-14H,7-10,12H2,1-3H3,(H,20,22)(H,21,23). The second-order valence-electron chi connectivity index (χ2n) is 7.33. The van der Waals surface area contributed by atoms with Gasteiger partial charge in [-0.25, -0.2) is 0 Å². The molecule has 0 aromatic carbocycles. The van der Waals surface area contributed by atoms with Crippen molar-refractivity contribution in [2.45, 2.75) is 58.5 Å². The van der Waals surface area contributed by atoms with E-state index in [-0.39, 0.29) is 29.2 Å². The molecular formula is C18H27N3O2. The van der Waals surface area contributed by atoms with E-state index in [1.807, 2.05) is 39.0 Å². The molecule has 1 aliphatic rings. The molecule has 23 heavy (non-hydrogen) atoms. The summed E-state index contributed by atoms with van der Waals surface area (Å²) in [7, 11) is 0. The highest BCUT2D eigenvalue weighted by Gasteiger charge is 2.31. The van der Waals surface area contributed by atoms with Gasteiger partial charge in [0.15, 0.2) is 0 Å². The molecule has 1 aromatic rings. The predicted molar refractivity (Wildman–Crippen MR) is 89.4 cm³/mol. The molecule has 1 saturated carbocycles. The van der Waals surface area contributed by atoms with Crippen molar-refractivity contribution in [3.63, 3.8) is 0 Å². The number of hydrogen-bond donors (Lipinski definition) is 2. The molecule has 0 radical (unpaired) electrons. The van der Waals surface area contributed by atoms with Crippen LogP contribution in [0.5, 0.6) is 0 Å². The van der Waals surface area contributed by atoms with Gasteiger partial charge in [-0.2, -0.15) is 0 Å². The molecule has 0 bridgehead atoms. The summed E-state index contributed by atoms with van der Waals surface area (Å²) in [6.45, 7) is 6.43. The van der Waals surface area contributed by atoms with Crippen molar-refractivity contribution in [1.82, 2.24) is 15.6 Å². The molecule has 1 fully saturated rings. The first-order valence-electron chi connectivity index (χ1n) is 8.35. The van der Waals surface area contributed by atoms with Crippen LogP contribution >= 0.6 is 0 Å². The normalized spacial score (nSPS) is 21.5. The monoisotopic (exact) mass is 317 g/mol. The second-order valence-corrected chi connectivity index (χ2v) is 7.33. The Labute approximate surface area is 138 Å². The van der Waals surface area contributed by atoms with Gasteiger partial charge in [-0.3, -0.25) is 14.6 Å². The zero-order valence-corrected chi connectivity index (χ0v) is 14.3. The molecule has 0 unspecified atom stereocenters. The fourth-order valence-electron chi connectivity index (χ4n) is 2.91. The number of rotatable bonds is 4. The molecule has 5 nitrogen and oxygen atoms in total. The van der Waals surface area contributed by atoms with Gasteiger partial charge in [0.25, 0.3) is 0 Å². The number of carbonyl (C=O) groups excluding carboxylic acids is 2. The number of pyridine rings is 1. The number of amides is 2. The fourth-order valence-corrected chi connectivity index (χ4v) is 2.91. The van der Waals surface area contributed by atoms with Crippen LogP contribution in [0.25, 0.3) is 0 Å². The van der Waals surface area contributed by atoms with Crippen LogP contribution in [0.1, 0.15) is 52.1 Å². The van der Waals surface area contributed by atoms with Crippen molar-refractivity contribution in [2.24, 2.45) is 11.8 Å². The molecular weight excluding hydrogens is 290 g/mol. The Morgan fingerprint density at radius 1 is 1.09 bits per heavy atom. The number of hydrogen-bond acceptors (Lipinski definition) is 3. The lowest BCUT2D eigenvalue weighted by atomic mass is 9.81. The van der Waals surface area contributed by atoms with Gasteiger partial charge in [0, 0.05) is 23.6 Å². The average Bonchev–Trinajstić information content (AvgIpc) is 2.52. The van der Waals surface area contributed by atoms with Crippen molar-refractivity contribution in [3.05, 3.63) is 30.1 Å². The van der Waals surface area contributed by atoms with Crippen LogP contribution in [-0.2, 0) is 16.1 Å². The molecule has 2 amide bonds. The minimum Gasteiger partial charge on any atom is -0.351 e. The molecule has 1 aromatic heterocycles. The summed E-state index contributed by atoms with van der Waals surface area (Å²) < 4.78 is 0. The molecule has 2 rings (SSSR count). The zero-order valence-electron chi connectivity index (χ0n) is 14.3. The number of nitrogens with zero attached hydrogens (tertiary/aromatic N) is 1. The minimum absolute atomic E-state index is 0.0115. The van der Waals surface area contributed by atoms with Crippen LogP contribution < -0.4 is 10.6 Å². The molecule has 126 valence electrons. The SMILES string of the molecule is CC(C)(C)NC(=O)C1CCC(C(=O)NCc2ccccn2)CC1. The first-order valence-corrected chi connectivity index (χ1v) is 8.35. The molecule has 1 aliphatic carbocycles. The first-order chi connectivity index (χ1) is 10.8. The molecule has 5 heteroatoms. The molecule has 2 N–H and O–H groups in total. The van der Waals surface area contributed by atoms with E-state index in [0.29, 0.717) is 6.54 Å². The third kappa shape index (κ3) is 5.66. The second kappa shape index (κ2) is 7.57. The van der Waals surface area contributed by atoms with Crippen molar-refractivity contribution < 1.29 is 9.59 Å². The fraction of sp³-hybridized carbons (Fsp3) is 0.611. The molecule has 0 atom stereocenters. The largest absolute Gasteiger partial charge is 0.351 e. The van der Waals surface area contributed by atoms with Gasteiger partial charge in [0.05, 0.1) is 12.2 Å². The van der Waals surface area contributed by atoms with E-state index in [2.05, 4.69) is 15.6 Å². The minimum atomic E-state index is -0.200. The lowest BCUT2D eigenvalue weighted by Gasteiger charge is -2.30. The third-order valence-corrected chi connectivity index (χ3v) is 4.14. The molecule has 0 saturated heterocycles.